The Bertz CT molecular complexity index is 635. The van der Waals surface area contributed by atoms with Crippen LogP contribution in [0, 0.1) is 11.3 Å². The summed E-state index contributed by atoms with van der Waals surface area (Å²) in [7, 11) is 0. The van der Waals surface area contributed by atoms with Gasteiger partial charge in [-0.1, -0.05) is 22.0 Å². The van der Waals surface area contributed by atoms with E-state index in [1.54, 1.807) is 30.3 Å². The first kappa shape index (κ1) is 12.3. The summed E-state index contributed by atoms with van der Waals surface area (Å²) in [5, 5.41) is 18.5. The molecule has 0 aromatic heterocycles. The van der Waals surface area contributed by atoms with Gasteiger partial charge in [0.1, 0.15) is 23.3 Å². The molecule has 0 spiro atoms. The summed E-state index contributed by atoms with van der Waals surface area (Å²) in [4.78, 5) is 0. The lowest BCUT2D eigenvalue weighted by atomic mass is 10.2. The van der Waals surface area contributed by atoms with Crippen molar-refractivity contribution in [2.75, 3.05) is 5.73 Å². The third-order valence-electron chi connectivity index (χ3n) is 2.33. The predicted octanol–water partition coefficient (Wildman–Crippen LogP) is 3.40. The van der Waals surface area contributed by atoms with Gasteiger partial charge in [-0.25, -0.2) is 0 Å². The standard InChI is InChI=1S/C13H9BrN2O2/c14-9-4-5-11(8(6-9)7-15)18-12-3-1-2-10(17)13(12)16/h1-6,17H,16H2. The largest absolute Gasteiger partial charge is 0.506 e. The zero-order valence-electron chi connectivity index (χ0n) is 9.22. The highest BCUT2D eigenvalue weighted by atomic mass is 79.9. The minimum Gasteiger partial charge on any atom is -0.506 e. The highest BCUT2D eigenvalue weighted by Crippen LogP contribution is 2.35. The van der Waals surface area contributed by atoms with Gasteiger partial charge in [-0.15, -0.1) is 0 Å². The fourth-order valence-corrected chi connectivity index (χ4v) is 1.78. The lowest BCUT2D eigenvalue weighted by molar-refractivity contribution is 0.459. The molecule has 0 aliphatic rings. The number of nitrogen functional groups attached to an aromatic ring is 1. The van der Waals surface area contributed by atoms with Gasteiger partial charge in [-0.3, -0.25) is 0 Å². The molecule has 0 amide bonds. The first-order chi connectivity index (χ1) is 8.61. The van der Waals surface area contributed by atoms with Gasteiger partial charge >= 0.3 is 0 Å². The maximum atomic E-state index is 9.47. The van der Waals surface area contributed by atoms with Crippen molar-refractivity contribution in [3.8, 4) is 23.3 Å². The van der Waals surface area contributed by atoms with Crippen molar-refractivity contribution in [2.24, 2.45) is 0 Å². The number of benzene rings is 2. The number of aromatic hydroxyl groups is 1. The first-order valence-corrected chi connectivity index (χ1v) is 5.86. The molecule has 90 valence electrons. The van der Waals surface area contributed by atoms with Gasteiger partial charge in [0.05, 0.1) is 5.56 Å². The van der Waals surface area contributed by atoms with Gasteiger partial charge in [-0.2, -0.15) is 5.26 Å². The van der Waals surface area contributed by atoms with Gasteiger partial charge in [0.15, 0.2) is 5.75 Å². The second kappa shape index (κ2) is 4.98. The van der Waals surface area contributed by atoms with E-state index in [0.29, 0.717) is 17.1 Å². The van der Waals surface area contributed by atoms with Crippen molar-refractivity contribution in [3.05, 3.63) is 46.4 Å². The summed E-state index contributed by atoms with van der Waals surface area (Å²) < 4.78 is 6.33. The van der Waals surface area contributed by atoms with Crippen molar-refractivity contribution in [3.63, 3.8) is 0 Å². The normalized spacial score (nSPS) is 9.78. The van der Waals surface area contributed by atoms with Crippen LogP contribution in [0.4, 0.5) is 5.69 Å². The van der Waals surface area contributed by atoms with Gasteiger partial charge in [0.25, 0.3) is 0 Å². The number of nitrogens with zero attached hydrogens (tertiary/aromatic N) is 1. The van der Waals surface area contributed by atoms with Gasteiger partial charge in [-0.05, 0) is 30.3 Å². The third kappa shape index (κ3) is 2.39. The van der Waals surface area contributed by atoms with Gasteiger partial charge in [0, 0.05) is 4.47 Å². The Morgan fingerprint density at radius 2 is 2.00 bits per heavy atom. The van der Waals surface area contributed by atoms with E-state index in [4.69, 9.17) is 15.7 Å². The summed E-state index contributed by atoms with van der Waals surface area (Å²) in [6.45, 7) is 0. The zero-order chi connectivity index (χ0) is 13.1. The molecule has 2 aromatic rings. The average Bonchev–Trinajstić information content (AvgIpc) is 2.37. The number of phenols is 1. The molecule has 0 unspecified atom stereocenters. The number of halogens is 1. The molecule has 0 aliphatic heterocycles. The minimum atomic E-state index is -0.0527. The van der Waals surface area contributed by atoms with E-state index in [9.17, 15) is 5.11 Å². The van der Waals surface area contributed by atoms with Crippen molar-refractivity contribution < 1.29 is 9.84 Å². The van der Waals surface area contributed by atoms with E-state index in [-0.39, 0.29) is 11.4 Å². The van der Waals surface area contributed by atoms with Crippen LogP contribution in [-0.4, -0.2) is 5.11 Å². The molecular weight excluding hydrogens is 296 g/mol. The quantitative estimate of drug-likeness (QED) is 0.658. The molecule has 0 aliphatic carbocycles. The van der Waals surface area contributed by atoms with E-state index in [1.165, 1.54) is 6.07 Å². The minimum absolute atomic E-state index is 0.0527. The molecule has 2 aromatic carbocycles. The maximum Gasteiger partial charge on any atom is 0.154 e. The lowest BCUT2D eigenvalue weighted by Crippen LogP contribution is -1.94. The summed E-state index contributed by atoms with van der Waals surface area (Å²) >= 11 is 3.28. The predicted molar refractivity (Wildman–Crippen MR) is 71.5 cm³/mol. The molecule has 0 saturated carbocycles. The Labute approximate surface area is 112 Å². The Kier molecular flexibility index (Phi) is 3.40. The van der Waals surface area contributed by atoms with Crippen LogP contribution in [-0.2, 0) is 0 Å². The van der Waals surface area contributed by atoms with Crippen LogP contribution in [0.1, 0.15) is 5.56 Å². The fraction of sp³-hybridized carbons (Fsp3) is 0. The Morgan fingerprint density at radius 1 is 1.22 bits per heavy atom. The molecule has 3 N–H and O–H groups in total. The number of hydrogen-bond donors (Lipinski definition) is 2. The van der Waals surface area contributed by atoms with Crippen LogP contribution in [0.5, 0.6) is 17.2 Å². The highest BCUT2D eigenvalue weighted by molar-refractivity contribution is 9.10. The number of rotatable bonds is 2. The molecule has 0 bridgehead atoms. The molecular formula is C13H9BrN2O2. The van der Waals surface area contributed by atoms with Crippen molar-refractivity contribution in [1.29, 1.82) is 5.26 Å². The van der Waals surface area contributed by atoms with E-state index in [2.05, 4.69) is 15.9 Å². The smallest absolute Gasteiger partial charge is 0.154 e. The molecule has 5 heteroatoms. The molecule has 2 rings (SSSR count). The van der Waals surface area contributed by atoms with Gasteiger partial charge < -0.3 is 15.6 Å². The van der Waals surface area contributed by atoms with E-state index in [0.717, 1.165) is 4.47 Å². The van der Waals surface area contributed by atoms with Crippen LogP contribution >= 0.6 is 15.9 Å². The number of phenolic OH excluding ortho intramolecular Hbond substituents is 1. The van der Waals surface area contributed by atoms with Crippen molar-refractivity contribution in [1.82, 2.24) is 0 Å². The van der Waals surface area contributed by atoms with Gasteiger partial charge in [0.2, 0.25) is 0 Å². The molecule has 0 heterocycles. The fourth-order valence-electron chi connectivity index (χ4n) is 1.42. The van der Waals surface area contributed by atoms with E-state index < -0.39 is 0 Å². The second-order valence-electron chi connectivity index (χ2n) is 3.54. The van der Waals surface area contributed by atoms with Crippen molar-refractivity contribution >= 4 is 21.6 Å². The zero-order valence-corrected chi connectivity index (χ0v) is 10.8. The van der Waals surface area contributed by atoms with Crippen molar-refractivity contribution in [2.45, 2.75) is 0 Å². The lowest BCUT2D eigenvalue weighted by Gasteiger charge is -2.10. The second-order valence-corrected chi connectivity index (χ2v) is 4.46. The molecule has 4 nitrogen and oxygen atoms in total. The summed E-state index contributed by atoms with van der Waals surface area (Å²) in [6.07, 6.45) is 0. The van der Waals surface area contributed by atoms with E-state index in [1.807, 2.05) is 6.07 Å². The Hall–Kier alpha value is -2.19. The summed E-state index contributed by atoms with van der Waals surface area (Å²) in [5.74, 6) is 0.648. The van der Waals surface area contributed by atoms with Crippen LogP contribution in [0.15, 0.2) is 40.9 Å². The Morgan fingerprint density at radius 3 is 2.72 bits per heavy atom. The number of hydrogen-bond acceptors (Lipinski definition) is 4. The van der Waals surface area contributed by atoms with Crippen LogP contribution in [0.25, 0.3) is 0 Å². The average molecular weight is 305 g/mol. The first-order valence-electron chi connectivity index (χ1n) is 5.07. The number of nitriles is 1. The molecule has 0 saturated heterocycles. The third-order valence-corrected chi connectivity index (χ3v) is 2.82. The SMILES string of the molecule is N#Cc1cc(Br)ccc1Oc1cccc(O)c1N. The summed E-state index contributed by atoms with van der Waals surface area (Å²) in [6, 6.07) is 11.8. The van der Waals surface area contributed by atoms with Crippen LogP contribution in [0.2, 0.25) is 0 Å². The highest BCUT2D eigenvalue weighted by Gasteiger charge is 2.09. The molecule has 18 heavy (non-hydrogen) atoms. The Balaban J connectivity index is 2.41. The molecule has 0 fully saturated rings. The monoisotopic (exact) mass is 304 g/mol. The number of para-hydroxylation sites is 1. The molecule has 0 atom stereocenters. The van der Waals surface area contributed by atoms with Crippen LogP contribution < -0.4 is 10.5 Å². The van der Waals surface area contributed by atoms with E-state index >= 15 is 0 Å². The van der Waals surface area contributed by atoms with Crippen LogP contribution in [0.3, 0.4) is 0 Å². The number of anilines is 1. The maximum absolute atomic E-state index is 9.47. The summed E-state index contributed by atoms with van der Waals surface area (Å²) in [5.41, 5.74) is 6.21. The molecule has 0 radical (unpaired) electrons. The number of nitrogens with two attached hydrogens (primary N) is 1. The topological polar surface area (TPSA) is 79.3 Å². The number of ether oxygens (including phenoxy) is 1.